The van der Waals surface area contributed by atoms with Gasteiger partial charge in [0.15, 0.2) is 0 Å². The SMILES string of the molecule is CCC(=O)Nc1nnc(S(=O)(=O)NCCSCc2ccccc2F)s1. The van der Waals surface area contributed by atoms with Gasteiger partial charge in [-0.05, 0) is 11.6 Å². The number of aromatic nitrogens is 2. The van der Waals surface area contributed by atoms with Crippen LogP contribution in [0.5, 0.6) is 0 Å². The van der Waals surface area contributed by atoms with Crippen LogP contribution in [0.4, 0.5) is 9.52 Å². The maximum atomic E-state index is 13.5. The Morgan fingerprint density at radius 3 is 2.80 bits per heavy atom. The van der Waals surface area contributed by atoms with Crippen molar-refractivity contribution in [1.82, 2.24) is 14.9 Å². The van der Waals surface area contributed by atoms with Crippen molar-refractivity contribution in [3.8, 4) is 0 Å². The maximum absolute atomic E-state index is 13.5. The van der Waals surface area contributed by atoms with Crippen molar-refractivity contribution < 1.29 is 17.6 Å². The standard InChI is InChI=1S/C14H17FN4O3S3/c1-2-12(20)17-13-18-19-14(24-13)25(21,22)16-7-8-23-9-10-5-3-4-6-11(10)15/h3-6,16H,2,7-9H2,1H3,(H,17,18,20). The van der Waals surface area contributed by atoms with Crippen LogP contribution in [0, 0.1) is 5.82 Å². The Morgan fingerprint density at radius 2 is 2.08 bits per heavy atom. The highest BCUT2D eigenvalue weighted by Crippen LogP contribution is 2.20. The van der Waals surface area contributed by atoms with Crippen LogP contribution in [0.1, 0.15) is 18.9 Å². The molecule has 0 aliphatic carbocycles. The topological polar surface area (TPSA) is 101 Å². The van der Waals surface area contributed by atoms with E-state index < -0.39 is 10.0 Å². The van der Waals surface area contributed by atoms with Crippen molar-refractivity contribution in [3.05, 3.63) is 35.6 Å². The summed E-state index contributed by atoms with van der Waals surface area (Å²) in [5.74, 6) is 0.398. The third-order valence-corrected chi connectivity index (χ3v) is 6.63. The minimum Gasteiger partial charge on any atom is -0.301 e. The minimum atomic E-state index is -3.78. The van der Waals surface area contributed by atoms with Crippen molar-refractivity contribution in [2.45, 2.75) is 23.4 Å². The van der Waals surface area contributed by atoms with Gasteiger partial charge in [0.05, 0.1) is 0 Å². The second-order valence-electron chi connectivity index (χ2n) is 4.82. The number of hydrogen-bond donors (Lipinski definition) is 2. The summed E-state index contributed by atoms with van der Waals surface area (Å²) in [5.41, 5.74) is 0.579. The lowest BCUT2D eigenvalue weighted by atomic mass is 10.2. The first-order valence-corrected chi connectivity index (χ1v) is 10.8. The maximum Gasteiger partial charge on any atom is 0.269 e. The van der Waals surface area contributed by atoms with E-state index in [-0.39, 0.29) is 34.2 Å². The van der Waals surface area contributed by atoms with E-state index in [1.165, 1.54) is 17.8 Å². The van der Waals surface area contributed by atoms with Crippen LogP contribution in [-0.2, 0) is 20.6 Å². The summed E-state index contributed by atoms with van der Waals surface area (Å²) in [5, 5.41) is 9.81. The number of carbonyl (C=O) groups is 1. The lowest BCUT2D eigenvalue weighted by Crippen LogP contribution is -2.26. The van der Waals surface area contributed by atoms with Gasteiger partial charge in [0.25, 0.3) is 10.0 Å². The Labute approximate surface area is 153 Å². The average molecular weight is 405 g/mol. The van der Waals surface area contributed by atoms with E-state index in [9.17, 15) is 17.6 Å². The monoisotopic (exact) mass is 404 g/mol. The third-order valence-electron chi connectivity index (χ3n) is 2.96. The number of thioether (sulfide) groups is 1. The molecule has 1 heterocycles. The van der Waals surface area contributed by atoms with Crippen LogP contribution < -0.4 is 10.0 Å². The quantitative estimate of drug-likeness (QED) is 0.491. The van der Waals surface area contributed by atoms with E-state index in [1.54, 1.807) is 25.1 Å². The van der Waals surface area contributed by atoms with Crippen molar-refractivity contribution in [2.75, 3.05) is 17.6 Å². The number of sulfonamides is 1. The van der Waals surface area contributed by atoms with Gasteiger partial charge in [-0.25, -0.2) is 17.5 Å². The number of hydrogen-bond acceptors (Lipinski definition) is 7. The van der Waals surface area contributed by atoms with E-state index in [1.807, 2.05) is 0 Å². The molecule has 0 aliphatic rings. The number of amides is 1. The number of nitrogens with one attached hydrogen (secondary N) is 2. The van der Waals surface area contributed by atoms with Gasteiger partial charge >= 0.3 is 0 Å². The predicted molar refractivity (Wildman–Crippen MR) is 96.6 cm³/mol. The van der Waals surface area contributed by atoms with E-state index in [0.29, 0.717) is 17.1 Å². The average Bonchev–Trinajstić information content (AvgIpc) is 3.05. The highest BCUT2D eigenvalue weighted by atomic mass is 32.2. The molecule has 1 aromatic heterocycles. The summed E-state index contributed by atoms with van der Waals surface area (Å²) in [6.07, 6.45) is 0.263. The molecule has 0 saturated heterocycles. The molecular weight excluding hydrogens is 387 g/mol. The fourth-order valence-electron chi connectivity index (χ4n) is 1.68. The van der Waals surface area contributed by atoms with Gasteiger partial charge in [-0.2, -0.15) is 11.8 Å². The van der Waals surface area contributed by atoms with Crippen molar-refractivity contribution >= 4 is 44.2 Å². The molecule has 0 fully saturated rings. The summed E-state index contributed by atoms with van der Waals surface area (Å²) >= 11 is 2.20. The first-order chi connectivity index (χ1) is 11.9. The van der Waals surface area contributed by atoms with Gasteiger partial charge < -0.3 is 5.32 Å². The zero-order valence-electron chi connectivity index (χ0n) is 13.4. The molecule has 25 heavy (non-hydrogen) atoms. The largest absolute Gasteiger partial charge is 0.301 e. The molecule has 0 bridgehead atoms. The second kappa shape index (κ2) is 9.22. The van der Waals surface area contributed by atoms with Gasteiger partial charge in [0.1, 0.15) is 5.82 Å². The molecule has 1 aromatic carbocycles. The van der Waals surface area contributed by atoms with Crippen molar-refractivity contribution in [2.24, 2.45) is 0 Å². The number of nitrogens with zero attached hydrogens (tertiary/aromatic N) is 2. The summed E-state index contributed by atoms with van der Waals surface area (Å²) in [6, 6.07) is 6.46. The number of rotatable bonds is 9. The normalized spacial score (nSPS) is 11.4. The van der Waals surface area contributed by atoms with Crippen LogP contribution in [0.2, 0.25) is 0 Å². The summed E-state index contributed by atoms with van der Waals surface area (Å²) in [6.45, 7) is 1.85. The first kappa shape index (κ1) is 19.8. The Hall–Kier alpha value is -1.56. The number of carbonyl (C=O) groups excluding carboxylic acids is 1. The molecule has 0 aliphatic heterocycles. The van der Waals surface area contributed by atoms with Gasteiger partial charge in [0.2, 0.25) is 15.4 Å². The molecule has 2 rings (SSSR count). The van der Waals surface area contributed by atoms with Crippen LogP contribution in [0.25, 0.3) is 0 Å². The molecule has 11 heteroatoms. The molecule has 1 amide bonds. The molecular formula is C14H17FN4O3S3. The molecule has 7 nitrogen and oxygen atoms in total. The molecule has 0 atom stereocenters. The molecule has 2 aromatic rings. The van der Waals surface area contributed by atoms with Gasteiger partial charge in [-0.15, -0.1) is 10.2 Å². The van der Waals surface area contributed by atoms with Crippen LogP contribution in [0.15, 0.2) is 28.6 Å². The van der Waals surface area contributed by atoms with Crippen molar-refractivity contribution in [3.63, 3.8) is 0 Å². The van der Waals surface area contributed by atoms with E-state index in [0.717, 1.165) is 11.3 Å². The minimum absolute atomic E-state index is 0.140. The summed E-state index contributed by atoms with van der Waals surface area (Å²) < 4.78 is 39.9. The first-order valence-electron chi connectivity index (χ1n) is 7.36. The number of halogens is 1. The van der Waals surface area contributed by atoms with Crippen LogP contribution in [-0.4, -0.2) is 36.8 Å². The lowest BCUT2D eigenvalue weighted by Gasteiger charge is -2.04. The zero-order chi connectivity index (χ0) is 18.3. The van der Waals surface area contributed by atoms with E-state index >= 15 is 0 Å². The van der Waals surface area contributed by atoms with Gasteiger partial charge in [-0.3, -0.25) is 4.79 Å². The molecule has 136 valence electrons. The van der Waals surface area contributed by atoms with Gasteiger partial charge in [0, 0.05) is 24.5 Å². The molecule has 0 spiro atoms. The fraction of sp³-hybridized carbons (Fsp3) is 0.357. The summed E-state index contributed by atoms with van der Waals surface area (Å²) in [7, 11) is -3.78. The van der Waals surface area contributed by atoms with Crippen LogP contribution in [0.3, 0.4) is 0 Å². The number of anilines is 1. The lowest BCUT2D eigenvalue weighted by molar-refractivity contribution is -0.115. The predicted octanol–water partition coefficient (Wildman–Crippen LogP) is 2.24. The third kappa shape index (κ3) is 6.03. The highest BCUT2D eigenvalue weighted by molar-refractivity contribution is 7.98. The Balaban J connectivity index is 1.79. The smallest absolute Gasteiger partial charge is 0.269 e. The molecule has 0 radical (unpaired) electrons. The highest BCUT2D eigenvalue weighted by Gasteiger charge is 2.20. The number of benzene rings is 1. The molecule has 2 N–H and O–H groups in total. The molecule has 0 unspecified atom stereocenters. The zero-order valence-corrected chi connectivity index (χ0v) is 15.8. The van der Waals surface area contributed by atoms with E-state index in [4.69, 9.17) is 0 Å². The molecule has 0 saturated carbocycles. The Morgan fingerprint density at radius 1 is 1.32 bits per heavy atom. The fourth-order valence-corrected chi connectivity index (χ4v) is 4.65. The van der Waals surface area contributed by atoms with Crippen LogP contribution >= 0.6 is 23.1 Å². The second-order valence-corrected chi connectivity index (χ2v) is 8.84. The summed E-state index contributed by atoms with van der Waals surface area (Å²) in [4.78, 5) is 11.3. The van der Waals surface area contributed by atoms with Gasteiger partial charge in [-0.1, -0.05) is 36.5 Å². The Bertz CT molecular complexity index is 826. The van der Waals surface area contributed by atoms with Crippen molar-refractivity contribution in [1.29, 1.82) is 0 Å². The Kier molecular flexibility index (Phi) is 7.29. The van der Waals surface area contributed by atoms with E-state index in [2.05, 4.69) is 20.2 Å².